The summed E-state index contributed by atoms with van der Waals surface area (Å²) in [5.74, 6) is 1.29. The molecule has 4 aliphatic heterocycles. The number of hydrogen-bond acceptors (Lipinski definition) is 13. The van der Waals surface area contributed by atoms with Gasteiger partial charge in [0.15, 0.2) is 48.2 Å². The molecule has 8 unspecified atom stereocenters. The highest BCUT2D eigenvalue weighted by molar-refractivity contribution is 7.95. The third-order valence-corrected chi connectivity index (χ3v) is 16.6. The fourth-order valence-electron chi connectivity index (χ4n) is 10.0. The number of aryl methyl sites for hydroxylation is 1. The van der Waals surface area contributed by atoms with Gasteiger partial charge in [-0.15, -0.1) is 15.3 Å². The number of allylic oxidation sites excluding steroid dienone is 4. The number of hydrogen-bond donors (Lipinski definition) is 0. The summed E-state index contributed by atoms with van der Waals surface area (Å²) in [4.78, 5) is 19.8. The van der Waals surface area contributed by atoms with Crippen LogP contribution < -0.4 is 0 Å². The second kappa shape index (κ2) is 13.2. The Hall–Kier alpha value is -5.12. The van der Waals surface area contributed by atoms with Gasteiger partial charge in [-0.3, -0.25) is 15.0 Å². The van der Waals surface area contributed by atoms with Gasteiger partial charge in [0.25, 0.3) is 0 Å². The van der Waals surface area contributed by atoms with Crippen molar-refractivity contribution in [1.82, 2.24) is 24.6 Å². The number of fused-ring (bicyclic) bond motifs is 3. The van der Waals surface area contributed by atoms with Crippen molar-refractivity contribution in [2.24, 2.45) is 54.9 Å². The molecule has 2 aromatic heterocycles. The molecule has 3 saturated carbocycles. The molecule has 0 saturated heterocycles. The summed E-state index contributed by atoms with van der Waals surface area (Å²) in [6, 6.07) is 6.82. The Kier molecular flexibility index (Phi) is 8.99. The van der Waals surface area contributed by atoms with E-state index < -0.39 is 71.3 Å². The first-order chi connectivity index (χ1) is 29.0. The highest BCUT2D eigenvalue weighted by Gasteiger charge is 2.81. The smallest absolute Gasteiger partial charge is 0.330 e. The summed E-state index contributed by atoms with van der Waals surface area (Å²) in [7, 11) is -4.03. The van der Waals surface area contributed by atoms with Crippen LogP contribution in [0.4, 0.5) is 26.3 Å². The van der Waals surface area contributed by atoms with Gasteiger partial charge in [-0.05, 0) is 41.9 Å². The predicted octanol–water partition coefficient (Wildman–Crippen LogP) is 7.06. The van der Waals surface area contributed by atoms with Crippen LogP contribution in [0, 0.1) is 22.7 Å². The summed E-state index contributed by atoms with van der Waals surface area (Å²) < 4.78 is 132. The zero-order valence-corrected chi connectivity index (χ0v) is 35.7. The summed E-state index contributed by atoms with van der Waals surface area (Å²) in [6.45, 7) is 5.60. The maximum Gasteiger partial charge on any atom is 0.435 e. The molecular weight excluding hydrogens is 863 g/mol. The van der Waals surface area contributed by atoms with Crippen LogP contribution in [0.3, 0.4) is 0 Å². The Morgan fingerprint density at radius 1 is 0.968 bits per heavy atom. The van der Waals surface area contributed by atoms with Crippen LogP contribution in [-0.2, 0) is 32.9 Å². The molecule has 0 spiro atoms. The maximum atomic E-state index is 13.4. The van der Waals surface area contributed by atoms with Gasteiger partial charge in [0.05, 0.1) is 10.7 Å². The minimum atomic E-state index is -4.66. The normalized spacial score (nSPS) is 33.1. The van der Waals surface area contributed by atoms with Crippen LogP contribution >= 0.6 is 0 Å². The number of likely N-dealkylation sites (N-methyl/N-ethyl adjacent to an activating group) is 1. The number of sulfone groups is 2. The number of amidine groups is 1. The molecule has 62 heavy (non-hydrogen) atoms. The van der Waals surface area contributed by atoms with Crippen molar-refractivity contribution in [3.8, 4) is 0 Å². The van der Waals surface area contributed by atoms with Crippen molar-refractivity contribution >= 4 is 49.1 Å². The zero-order chi connectivity index (χ0) is 44.8. The number of halogens is 6. The molecule has 8 atom stereocenters. The Morgan fingerprint density at radius 3 is 2.37 bits per heavy atom. The van der Waals surface area contributed by atoms with Crippen molar-refractivity contribution in [2.75, 3.05) is 19.1 Å². The molecule has 1 aromatic carbocycles. The lowest BCUT2D eigenvalue weighted by atomic mass is 9.82. The number of aliphatic imine (C=N–C) groups is 3. The van der Waals surface area contributed by atoms with Crippen LogP contribution in [0.15, 0.2) is 90.1 Å². The van der Waals surface area contributed by atoms with Gasteiger partial charge >= 0.3 is 12.4 Å². The van der Waals surface area contributed by atoms with Crippen molar-refractivity contribution in [3.05, 3.63) is 87.5 Å². The molecule has 6 heterocycles. The SMILES string of the molecule is CC.CCS(=O)(=O)C1=C(C2=NC34C=C(C(F)(F)F)N=NC3(C4)N2C)N=CC23CC12C=CC1CC13.Cn1c(C2N=Cc3ccccc3C2S(C)(=O)=O)nc2cc(C(F)(F)F)nnc21. The van der Waals surface area contributed by atoms with Crippen LogP contribution in [0.5, 0.6) is 0 Å². The fraction of sp³-hybridized carbons (Fsp3) is 0.500. The number of alkyl halides is 6. The highest BCUT2D eigenvalue weighted by atomic mass is 32.2. The number of imidazole rings is 1. The van der Waals surface area contributed by atoms with Gasteiger partial charge in [0.2, 0.25) is 0 Å². The summed E-state index contributed by atoms with van der Waals surface area (Å²) in [5, 5.41) is 13.3. The molecule has 0 radical (unpaired) electrons. The van der Waals surface area contributed by atoms with Gasteiger partial charge in [-0.25, -0.2) is 21.8 Å². The van der Waals surface area contributed by atoms with Crippen molar-refractivity contribution in [2.45, 2.75) is 74.9 Å². The minimum absolute atomic E-state index is 0.0267. The lowest BCUT2D eigenvalue weighted by Crippen LogP contribution is -2.40. The molecule has 22 heteroatoms. The summed E-state index contributed by atoms with van der Waals surface area (Å²) in [5.41, 5.74) is -3.77. The monoisotopic (exact) mass is 902 g/mol. The van der Waals surface area contributed by atoms with Gasteiger partial charge < -0.3 is 9.47 Å². The average molecular weight is 903 g/mol. The summed E-state index contributed by atoms with van der Waals surface area (Å²) >= 11 is 0. The van der Waals surface area contributed by atoms with Crippen molar-refractivity contribution in [1.29, 1.82) is 0 Å². The molecule has 11 rings (SSSR count). The topological polar surface area (TPSA) is 177 Å². The first-order valence-electron chi connectivity index (χ1n) is 19.9. The highest BCUT2D eigenvalue weighted by Crippen LogP contribution is 2.82. The van der Waals surface area contributed by atoms with E-state index in [2.05, 4.69) is 46.5 Å². The molecule has 4 aliphatic carbocycles. The van der Waals surface area contributed by atoms with E-state index in [1.165, 1.54) is 4.57 Å². The number of aromatic nitrogens is 4. The first kappa shape index (κ1) is 42.2. The fourth-order valence-corrected chi connectivity index (χ4v) is 13.0. The number of azo groups is 1. The minimum Gasteiger partial charge on any atom is -0.330 e. The van der Waals surface area contributed by atoms with E-state index in [1.807, 2.05) is 26.1 Å². The van der Waals surface area contributed by atoms with E-state index in [9.17, 15) is 43.2 Å². The molecule has 3 aromatic rings. The lowest BCUT2D eigenvalue weighted by molar-refractivity contribution is -0.141. The Balaban J connectivity index is 0.000000154. The van der Waals surface area contributed by atoms with Crippen LogP contribution in [0.1, 0.15) is 74.0 Å². The third-order valence-electron chi connectivity index (χ3n) is 13.2. The lowest BCUT2D eigenvalue weighted by Gasteiger charge is -2.32. The van der Waals surface area contributed by atoms with E-state index in [1.54, 1.807) is 56.4 Å². The number of nitrogens with zero attached hydrogens (tertiary/aromatic N) is 10. The van der Waals surface area contributed by atoms with E-state index in [4.69, 9.17) is 0 Å². The van der Waals surface area contributed by atoms with Gasteiger partial charge in [0, 0.05) is 56.1 Å². The van der Waals surface area contributed by atoms with Gasteiger partial charge in [-0.2, -0.15) is 31.5 Å². The summed E-state index contributed by atoms with van der Waals surface area (Å²) in [6.07, 6.45) is 2.47. The van der Waals surface area contributed by atoms with E-state index >= 15 is 0 Å². The quantitative estimate of drug-likeness (QED) is 0.193. The molecular formula is C40H40F6N10O4S2. The van der Waals surface area contributed by atoms with Crippen molar-refractivity contribution < 1.29 is 43.2 Å². The first-order valence-corrected chi connectivity index (χ1v) is 23.5. The number of rotatable bonds is 5. The van der Waals surface area contributed by atoms with E-state index in [-0.39, 0.29) is 51.0 Å². The molecule has 0 amide bonds. The Morgan fingerprint density at radius 2 is 1.69 bits per heavy atom. The van der Waals surface area contributed by atoms with E-state index in [0.717, 1.165) is 24.8 Å². The van der Waals surface area contributed by atoms with Gasteiger partial charge in [-0.1, -0.05) is 57.2 Å². The second-order valence-corrected chi connectivity index (χ2v) is 21.0. The van der Waals surface area contributed by atoms with Crippen molar-refractivity contribution in [3.63, 3.8) is 0 Å². The molecule has 0 bridgehead atoms. The maximum absolute atomic E-state index is 13.4. The molecule has 14 nitrogen and oxygen atoms in total. The number of benzene rings is 1. The standard InChI is InChI=1S/C21H20F3N5O2S.C17H14F3N5O2S.C2H6/c1-3-32(30,31)15-14(25-10-18-8-17(15,18)5-4-11-6-12(11)18)16-26-19-7-13(21(22,23)24)27-28-20(19,9-19)29(16)2;1-25-15-11(7-12(23-24-15)17(18,19)20)22-16(25)13-14(28(2,26)27)10-6-4-3-5-9(10)8-21-13;1-2/h4-5,7,10-12H,3,6,8-9H2,1-2H3;3-8,13-14H,1-2H3;1-2H3. The van der Waals surface area contributed by atoms with Gasteiger partial charge in [0.1, 0.15) is 33.9 Å². The third kappa shape index (κ3) is 5.86. The molecule has 3 fully saturated rings. The predicted molar refractivity (Wildman–Crippen MR) is 216 cm³/mol. The zero-order valence-electron chi connectivity index (χ0n) is 34.1. The molecule has 0 N–H and O–H groups in total. The van der Waals surface area contributed by atoms with Crippen LogP contribution in [0.25, 0.3) is 11.2 Å². The molecule has 8 aliphatic rings. The second-order valence-electron chi connectivity index (χ2n) is 16.6. The average Bonchev–Trinajstić information content (AvgIpc) is 4.16. The largest absolute Gasteiger partial charge is 0.435 e. The molecule has 328 valence electrons. The Bertz CT molecular complexity index is 2920. The Labute approximate surface area is 352 Å². The van der Waals surface area contributed by atoms with E-state index in [0.29, 0.717) is 29.4 Å². The van der Waals surface area contributed by atoms with Crippen LogP contribution in [-0.4, -0.2) is 96.2 Å². The van der Waals surface area contributed by atoms with Crippen LogP contribution in [0.2, 0.25) is 0 Å².